The van der Waals surface area contributed by atoms with Gasteiger partial charge in [-0.15, -0.1) is 0 Å². The van der Waals surface area contributed by atoms with Gasteiger partial charge in [-0.2, -0.15) is 0 Å². The Hall–Kier alpha value is -2.66. The van der Waals surface area contributed by atoms with Gasteiger partial charge in [-0.3, -0.25) is 9.59 Å². The Kier molecular flexibility index (Phi) is 6.98. The summed E-state index contributed by atoms with van der Waals surface area (Å²) in [6.45, 7) is 0. The van der Waals surface area contributed by atoms with Crippen molar-refractivity contribution in [1.29, 1.82) is 0 Å². The van der Waals surface area contributed by atoms with E-state index in [1.54, 1.807) is 7.11 Å². The summed E-state index contributed by atoms with van der Waals surface area (Å²) in [5.74, 6) is -0.219. The molecule has 2 aromatic carbocycles. The van der Waals surface area contributed by atoms with Gasteiger partial charge in [-0.1, -0.05) is 36.4 Å². The first kappa shape index (κ1) is 17.7. The van der Waals surface area contributed by atoms with E-state index in [0.717, 1.165) is 11.4 Å². The number of rotatable bonds is 8. The molecular formula is C19H22N2O3. The standard InChI is InChI=1S/C19H22N2O3/c1-24-17(14-19(23)21-16-10-6-3-7-11-16)12-13-18(22)20-15-8-4-2-5-9-15/h2-11,17H,12-14H2,1H3,(H,20,22)(H,21,23)/t17-/m1/s1. The van der Waals surface area contributed by atoms with Crippen molar-refractivity contribution in [2.45, 2.75) is 25.4 Å². The topological polar surface area (TPSA) is 67.4 Å². The zero-order valence-electron chi connectivity index (χ0n) is 13.7. The van der Waals surface area contributed by atoms with Gasteiger partial charge in [-0.25, -0.2) is 0 Å². The number of carbonyl (C=O) groups is 2. The van der Waals surface area contributed by atoms with Gasteiger partial charge < -0.3 is 15.4 Å². The molecule has 0 spiro atoms. The highest BCUT2D eigenvalue weighted by molar-refractivity contribution is 5.92. The molecule has 0 aliphatic heterocycles. The van der Waals surface area contributed by atoms with Gasteiger partial charge in [-0.05, 0) is 30.7 Å². The Labute approximate surface area is 142 Å². The van der Waals surface area contributed by atoms with Gasteiger partial charge in [0.25, 0.3) is 0 Å². The number of benzene rings is 2. The largest absolute Gasteiger partial charge is 0.381 e. The van der Waals surface area contributed by atoms with Crippen molar-refractivity contribution >= 4 is 23.2 Å². The van der Waals surface area contributed by atoms with E-state index in [-0.39, 0.29) is 24.3 Å². The Morgan fingerprint density at radius 2 is 1.38 bits per heavy atom. The molecule has 2 rings (SSSR count). The normalized spacial score (nSPS) is 11.5. The van der Waals surface area contributed by atoms with Gasteiger partial charge in [0.05, 0.1) is 12.5 Å². The van der Waals surface area contributed by atoms with Crippen molar-refractivity contribution in [2.24, 2.45) is 0 Å². The average Bonchev–Trinajstić information content (AvgIpc) is 2.60. The van der Waals surface area contributed by atoms with E-state index in [1.807, 2.05) is 60.7 Å². The van der Waals surface area contributed by atoms with Gasteiger partial charge in [0.15, 0.2) is 0 Å². The van der Waals surface area contributed by atoms with E-state index < -0.39 is 0 Å². The smallest absolute Gasteiger partial charge is 0.226 e. The molecule has 0 fully saturated rings. The molecule has 0 radical (unpaired) electrons. The van der Waals surface area contributed by atoms with Crippen molar-refractivity contribution < 1.29 is 14.3 Å². The number of anilines is 2. The van der Waals surface area contributed by atoms with Crippen molar-refractivity contribution in [1.82, 2.24) is 0 Å². The second-order valence-electron chi connectivity index (χ2n) is 5.43. The highest BCUT2D eigenvalue weighted by Gasteiger charge is 2.15. The minimum Gasteiger partial charge on any atom is -0.381 e. The van der Waals surface area contributed by atoms with Crippen LogP contribution in [0, 0.1) is 0 Å². The molecule has 2 amide bonds. The van der Waals surface area contributed by atoms with Crippen molar-refractivity contribution in [3.05, 3.63) is 60.7 Å². The minimum atomic E-state index is -0.296. The predicted octanol–water partition coefficient (Wildman–Crippen LogP) is 3.45. The van der Waals surface area contributed by atoms with Gasteiger partial charge >= 0.3 is 0 Å². The van der Waals surface area contributed by atoms with Crippen LogP contribution in [0.25, 0.3) is 0 Å². The number of hydrogen-bond acceptors (Lipinski definition) is 3. The molecule has 0 aliphatic rings. The molecule has 0 saturated heterocycles. The lowest BCUT2D eigenvalue weighted by Gasteiger charge is -2.15. The van der Waals surface area contributed by atoms with E-state index in [2.05, 4.69) is 10.6 Å². The van der Waals surface area contributed by atoms with E-state index in [1.165, 1.54) is 0 Å². The third-order valence-corrected chi connectivity index (χ3v) is 3.55. The lowest BCUT2D eigenvalue weighted by molar-refractivity contribution is -0.120. The monoisotopic (exact) mass is 326 g/mol. The van der Waals surface area contributed by atoms with E-state index in [0.29, 0.717) is 12.8 Å². The quantitative estimate of drug-likeness (QED) is 0.781. The highest BCUT2D eigenvalue weighted by Crippen LogP contribution is 2.12. The average molecular weight is 326 g/mol. The van der Waals surface area contributed by atoms with Crippen LogP contribution in [0.2, 0.25) is 0 Å². The summed E-state index contributed by atoms with van der Waals surface area (Å²) >= 11 is 0. The summed E-state index contributed by atoms with van der Waals surface area (Å²) in [6, 6.07) is 18.5. The molecule has 0 aromatic heterocycles. The maximum absolute atomic E-state index is 12.0. The molecule has 5 nitrogen and oxygen atoms in total. The first-order valence-electron chi connectivity index (χ1n) is 7.90. The number of carbonyl (C=O) groups excluding carboxylic acids is 2. The minimum absolute atomic E-state index is 0.0910. The molecule has 24 heavy (non-hydrogen) atoms. The van der Waals surface area contributed by atoms with Crippen LogP contribution < -0.4 is 10.6 Å². The lowest BCUT2D eigenvalue weighted by Crippen LogP contribution is -2.23. The van der Waals surface area contributed by atoms with E-state index in [9.17, 15) is 9.59 Å². The molecule has 5 heteroatoms. The molecule has 126 valence electrons. The van der Waals surface area contributed by atoms with Crippen LogP contribution in [-0.2, 0) is 14.3 Å². The zero-order valence-corrected chi connectivity index (χ0v) is 13.7. The summed E-state index contributed by atoms with van der Waals surface area (Å²) in [5.41, 5.74) is 1.51. The van der Waals surface area contributed by atoms with Gasteiger partial charge in [0.1, 0.15) is 0 Å². The molecule has 2 N–H and O–H groups in total. The van der Waals surface area contributed by atoms with Crippen LogP contribution in [0.15, 0.2) is 60.7 Å². The Balaban J connectivity index is 1.75. The fourth-order valence-corrected chi connectivity index (χ4v) is 2.28. The summed E-state index contributed by atoms with van der Waals surface area (Å²) in [7, 11) is 1.55. The third kappa shape index (κ3) is 6.22. The van der Waals surface area contributed by atoms with E-state index >= 15 is 0 Å². The molecule has 0 saturated carbocycles. The first-order valence-corrected chi connectivity index (χ1v) is 7.90. The van der Waals surface area contributed by atoms with E-state index in [4.69, 9.17) is 4.74 Å². The van der Waals surface area contributed by atoms with Crippen LogP contribution in [0.5, 0.6) is 0 Å². The number of nitrogens with one attached hydrogen (secondary N) is 2. The van der Waals surface area contributed by atoms with Crippen LogP contribution in [0.4, 0.5) is 11.4 Å². The van der Waals surface area contributed by atoms with Crippen LogP contribution in [0.1, 0.15) is 19.3 Å². The summed E-state index contributed by atoms with van der Waals surface area (Å²) in [6.07, 6.45) is 0.697. The maximum Gasteiger partial charge on any atom is 0.226 e. The number of para-hydroxylation sites is 2. The Morgan fingerprint density at radius 1 is 0.875 bits per heavy atom. The third-order valence-electron chi connectivity index (χ3n) is 3.55. The second-order valence-corrected chi connectivity index (χ2v) is 5.43. The lowest BCUT2D eigenvalue weighted by atomic mass is 10.1. The molecular weight excluding hydrogens is 304 g/mol. The van der Waals surface area contributed by atoms with Crippen molar-refractivity contribution in [3.63, 3.8) is 0 Å². The number of amides is 2. The molecule has 0 heterocycles. The van der Waals surface area contributed by atoms with Gasteiger partial charge in [0.2, 0.25) is 11.8 Å². The zero-order chi connectivity index (χ0) is 17.2. The second kappa shape index (κ2) is 9.47. The molecule has 2 aromatic rings. The summed E-state index contributed by atoms with van der Waals surface area (Å²) in [4.78, 5) is 24.0. The van der Waals surface area contributed by atoms with Crippen molar-refractivity contribution in [3.8, 4) is 0 Å². The number of hydrogen-bond donors (Lipinski definition) is 2. The van der Waals surface area contributed by atoms with Crippen LogP contribution in [0.3, 0.4) is 0 Å². The maximum atomic E-state index is 12.0. The number of methoxy groups -OCH3 is 1. The fraction of sp³-hybridized carbons (Fsp3) is 0.263. The first-order chi connectivity index (χ1) is 11.7. The fourth-order valence-electron chi connectivity index (χ4n) is 2.28. The predicted molar refractivity (Wildman–Crippen MR) is 94.8 cm³/mol. The Bertz CT molecular complexity index is 644. The van der Waals surface area contributed by atoms with Gasteiger partial charge in [0, 0.05) is 24.9 Å². The van der Waals surface area contributed by atoms with Crippen molar-refractivity contribution in [2.75, 3.05) is 17.7 Å². The molecule has 0 unspecified atom stereocenters. The number of ether oxygens (including phenoxy) is 1. The summed E-state index contributed by atoms with van der Waals surface area (Å²) in [5, 5.41) is 5.63. The molecule has 0 aliphatic carbocycles. The van der Waals surface area contributed by atoms with Crippen LogP contribution >= 0.6 is 0 Å². The SMILES string of the molecule is CO[C@H](CCC(=O)Nc1ccccc1)CC(=O)Nc1ccccc1. The highest BCUT2D eigenvalue weighted by atomic mass is 16.5. The molecule has 1 atom stereocenters. The Morgan fingerprint density at radius 3 is 1.88 bits per heavy atom. The molecule has 0 bridgehead atoms. The summed E-state index contributed by atoms with van der Waals surface area (Å²) < 4.78 is 5.32. The van der Waals surface area contributed by atoms with Crippen LogP contribution in [-0.4, -0.2) is 25.0 Å².